The average Bonchev–Trinajstić information content (AvgIpc) is 2.94. The second-order valence-corrected chi connectivity index (χ2v) is 9.40. The summed E-state index contributed by atoms with van der Waals surface area (Å²) in [7, 11) is -7.18. The van der Waals surface area contributed by atoms with Crippen LogP contribution in [0.5, 0.6) is 0 Å². The Morgan fingerprint density at radius 3 is 2.08 bits per heavy atom. The molecule has 1 atom stereocenters. The minimum Gasteiger partial charge on any atom is -0.224 e. The molecule has 0 aliphatic carbocycles. The summed E-state index contributed by atoms with van der Waals surface area (Å²) in [6.07, 6.45) is 1.44. The van der Waals surface area contributed by atoms with Crippen molar-refractivity contribution in [3.05, 3.63) is 77.7 Å². The Balaban J connectivity index is 2.01. The van der Waals surface area contributed by atoms with Crippen molar-refractivity contribution in [2.75, 3.05) is 5.75 Å². The van der Waals surface area contributed by atoms with Crippen LogP contribution in [0.3, 0.4) is 0 Å². The van der Waals surface area contributed by atoms with Crippen molar-refractivity contribution in [3.63, 3.8) is 0 Å². The van der Waals surface area contributed by atoms with E-state index in [-0.39, 0.29) is 17.2 Å². The van der Waals surface area contributed by atoms with E-state index in [4.69, 9.17) is 0 Å². The van der Waals surface area contributed by atoms with Crippen LogP contribution < -0.4 is 0 Å². The number of sulfone groups is 1. The van der Waals surface area contributed by atoms with E-state index < -0.39 is 25.9 Å². The Morgan fingerprint density at radius 2 is 1.54 bits per heavy atom. The molecule has 0 bridgehead atoms. The Labute approximate surface area is 142 Å². The lowest BCUT2D eigenvalue weighted by Crippen LogP contribution is -2.40. The van der Waals surface area contributed by atoms with Gasteiger partial charge in [-0.15, -0.1) is 0 Å². The maximum Gasteiger partial charge on any atom is 0.243 e. The van der Waals surface area contributed by atoms with E-state index in [1.165, 1.54) is 22.5 Å². The third-order valence-corrected chi connectivity index (χ3v) is 7.08. The Hall–Kier alpha value is -1.96. The first-order valence-corrected chi connectivity index (χ1v) is 10.6. The van der Waals surface area contributed by atoms with Gasteiger partial charge < -0.3 is 0 Å². The van der Waals surface area contributed by atoms with Crippen LogP contribution in [0.15, 0.2) is 77.0 Å². The van der Waals surface area contributed by atoms with Gasteiger partial charge in [0.25, 0.3) is 0 Å². The van der Waals surface area contributed by atoms with E-state index in [1.807, 2.05) is 30.3 Å². The van der Waals surface area contributed by atoms with Crippen LogP contribution in [0.2, 0.25) is 0 Å². The van der Waals surface area contributed by atoms with Crippen LogP contribution in [0.25, 0.3) is 0 Å². The molecular weight excluding hydrogens is 346 g/mol. The molecule has 126 valence electrons. The molecule has 0 spiro atoms. The molecule has 0 unspecified atom stereocenters. The highest BCUT2D eigenvalue weighted by Gasteiger charge is 2.35. The highest BCUT2D eigenvalue weighted by molar-refractivity contribution is 7.94. The van der Waals surface area contributed by atoms with Crippen molar-refractivity contribution in [1.29, 1.82) is 0 Å². The Kier molecular flexibility index (Phi) is 4.58. The first-order chi connectivity index (χ1) is 11.4. The number of rotatable bonds is 5. The minimum atomic E-state index is -3.82. The Bertz CT molecular complexity index is 937. The van der Waals surface area contributed by atoms with Crippen molar-refractivity contribution in [3.8, 4) is 0 Å². The van der Waals surface area contributed by atoms with E-state index in [2.05, 4.69) is 0 Å². The van der Waals surface area contributed by atoms with Crippen molar-refractivity contribution in [2.45, 2.75) is 17.5 Å². The van der Waals surface area contributed by atoms with Gasteiger partial charge in [0, 0.05) is 12.0 Å². The summed E-state index contributed by atoms with van der Waals surface area (Å²) in [6, 6.07) is 16.5. The largest absolute Gasteiger partial charge is 0.243 e. The predicted octanol–water partition coefficient (Wildman–Crippen LogP) is 2.19. The molecule has 7 heteroatoms. The molecule has 1 heterocycles. The van der Waals surface area contributed by atoms with E-state index >= 15 is 0 Å². The van der Waals surface area contributed by atoms with Crippen LogP contribution in [0.1, 0.15) is 5.56 Å². The number of hydrogen-bond donors (Lipinski definition) is 0. The van der Waals surface area contributed by atoms with E-state index in [0.29, 0.717) is 0 Å². The van der Waals surface area contributed by atoms with Crippen LogP contribution >= 0.6 is 0 Å². The topological polar surface area (TPSA) is 71.5 Å². The molecule has 1 aliphatic rings. The summed E-state index contributed by atoms with van der Waals surface area (Å²) in [5, 5.41) is 1.09. The third-order valence-electron chi connectivity index (χ3n) is 3.81. The fourth-order valence-corrected chi connectivity index (χ4v) is 5.60. The molecule has 24 heavy (non-hydrogen) atoms. The van der Waals surface area contributed by atoms with E-state index in [9.17, 15) is 16.8 Å². The number of benzene rings is 2. The predicted molar refractivity (Wildman–Crippen MR) is 92.3 cm³/mol. The van der Waals surface area contributed by atoms with Gasteiger partial charge in [-0.3, -0.25) is 0 Å². The summed E-state index contributed by atoms with van der Waals surface area (Å²) in [4.78, 5) is 0.152. The second-order valence-electron chi connectivity index (χ2n) is 5.57. The van der Waals surface area contributed by atoms with Gasteiger partial charge >= 0.3 is 0 Å². The van der Waals surface area contributed by atoms with Gasteiger partial charge in [0.05, 0.1) is 16.7 Å². The molecule has 0 N–H and O–H groups in total. The summed E-state index contributed by atoms with van der Waals surface area (Å²) < 4.78 is 50.8. The maximum absolute atomic E-state index is 13.0. The van der Waals surface area contributed by atoms with E-state index in [1.54, 1.807) is 18.2 Å². The van der Waals surface area contributed by atoms with Crippen molar-refractivity contribution < 1.29 is 16.8 Å². The fraction of sp³-hybridized carbons (Fsp3) is 0.176. The summed E-state index contributed by atoms with van der Waals surface area (Å²) in [5.41, 5.74) is 0.801. The van der Waals surface area contributed by atoms with Gasteiger partial charge in [-0.2, -0.15) is 4.31 Å². The quantitative estimate of drug-likeness (QED) is 0.816. The highest BCUT2D eigenvalue weighted by Crippen LogP contribution is 2.25. The molecule has 5 nitrogen and oxygen atoms in total. The molecule has 3 rings (SSSR count). The lowest BCUT2D eigenvalue weighted by Gasteiger charge is -2.26. The van der Waals surface area contributed by atoms with Gasteiger partial charge in [-0.1, -0.05) is 54.6 Å². The average molecular weight is 363 g/mol. The number of sulfonamides is 1. The first kappa shape index (κ1) is 16.9. The summed E-state index contributed by atoms with van der Waals surface area (Å²) in [6.45, 7) is 0.114. The molecule has 0 amide bonds. The lowest BCUT2D eigenvalue weighted by molar-refractivity contribution is 0.375. The maximum atomic E-state index is 13.0. The molecule has 2 aromatic rings. The summed E-state index contributed by atoms with van der Waals surface area (Å²) in [5.74, 6) is -0.230. The second kappa shape index (κ2) is 6.51. The van der Waals surface area contributed by atoms with Crippen molar-refractivity contribution in [2.24, 2.45) is 0 Å². The standard InChI is InChI=1S/C17H17NO4S2/c19-23(20)12-11-16(14-23)18(13-15-7-3-1-4-8-15)24(21,22)17-9-5-2-6-10-17/h1-12,16H,13-14H2/t16-/m1/s1. The lowest BCUT2D eigenvalue weighted by atomic mass is 10.2. The van der Waals surface area contributed by atoms with Crippen LogP contribution in [0.4, 0.5) is 0 Å². The molecule has 0 saturated carbocycles. The number of nitrogens with zero attached hydrogens (tertiary/aromatic N) is 1. The van der Waals surface area contributed by atoms with Gasteiger partial charge in [-0.05, 0) is 17.7 Å². The zero-order chi connectivity index (χ0) is 17.2. The molecular formula is C17H17NO4S2. The van der Waals surface area contributed by atoms with E-state index in [0.717, 1.165) is 11.0 Å². The normalized spacial score (nSPS) is 19.6. The van der Waals surface area contributed by atoms with Gasteiger partial charge in [-0.25, -0.2) is 16.8 Å². The van der Waals surface area contributed by atoms with Crippen molar-refractivity contribution in [1.82, 2.24) is 4.31 Å². The van der Waals surface area contributed by atoms with Crippen molar-refractivity contribution >= 4 is 19.9 Å². The monoisotopic (exact) mass is 363 g/mol. The molecule has 1 aliphatic heterocycles. The molecule has 0 radical (unpaired) electrons. The third kappa shape index (κ3) is 3.58. The smallest absolute Gasteiger partial charge is 0.224 e. The van der Waals surface area contributed by atoms with Gasteiger partial charge in [0.1, 0.15) is 0 Å². The van der Waals surface area contributed by atoms with Crippen LogP contribution in [-0.4, -0.2) is 32.9 Å². The summed E-state index contributed by atoms with van der Waals surface area (Å²) >= 11 is 0. The Morgan fingerprint density at radius 1 is 0.958 bits per heavy atom. The van der Waals surface area contributed by atoms with Crippen LogP contribution in [0, 0.1) is 0 Å². The highest BCUT2D eigenvalue weighted by atomic mass is 32.2. The fourth-order valence-electron chi connectivity index (χ4n) is 2.61. The molecule has 0 saturated heterocycles. The molecule has 0 aromatic heterocycles. The zero-order valence-corrected chi connectivity index (χ0v) is 14.4. The SMILES string of the molecule is O=S1(=O)C=C[C@@H](N(Cc2ccccc2)S(=O)(=O)c2ccccc2)C1. The first-order valence-electron chi connectivity index (χ1n) is 7.40. The minimum absolute atomic E-state index is 0.114. The van der Waals surface area contributed by atoms with Gasteiger partial charge in [0.2, 0.25) is 10.0 Å². The number of hydrogen-bond acceptors (Lipinski definition) is 4. The zero-order valence-electron chi connectivity index (χ0n) is 12.8. The molecule has 0 fully saturated rings. The van der Waals surface area contributed by atoms with Crippen LogP contribution in [-0.2, 0) is 26.4 Å². The molecule has 2 aromatic carbocycles. The van der Waals surface area contributed by atoms with Gasteiger partial charge in [0.15, 0.2) is 9.84 Å².